The molecule has 1 aromatic carbocycles. The molecule has 0 aliphatic rings. The second kappa shape index (κ2) is 4.58. The second-order valence-electron chi connectivity index (χ2n) is 3.58. The average molecular weight is 262 g/mol. The molecule has 0 aliphatic heterocycles. The molecule has 0 atom stereocenters. The molecule has 0 unspecified atom stereocenters. The normalized spacial score (nSPS) is 10.3. The van der Waals surface area contributed by atoms with E-state index in [4.69, 9.17) is 0 Å². The number of halogens is 1. The summed E-state index contributed by atoms with van der Waals surface area (Å²) in [4.78, 5) is 4.29. The molecule has 15 heavy (non-hydrogen) atoms. The van der Waals surface area contributed by atoms with Crippen molar-refractivity contribution >= 4 is 15.9 Å². The Morgan fingerprint density at radius 3 is 2.60 bits per heavy atom. The van der Waals surface area contributed by atoms with Crippen molar-refractivity contribution in [2.75, 3.05) is 0 Å². The molecule has 2 rings (SSSR count). The molecule has 0 saturated carbocycles. The molecule has 0 spiro atoms. The van der Waals surface area contributed by atoms with E-state index in [-0.39, 0.29) is 0 Å². The minimum Gasteiger partial charge on any atom is -0.261 e. The Hall–Kier alpha value is -1.15. The third-order valence-electron chi connectivity index (χ3n) is 2.33. The van der Waals surface area contributed by atoms with Gasteiger partial charge in [-0.2, -0.15) is 0 Å². The largest absolute Gasteiger partial charge is 0.261 e. The maximum Gasteiger partial charge on any atom is 0.0372 e. The Balaban J connectivity index is 2.22. The van der Waals surface area contributed by atoms with Gasteiger partial charge in [-0.3, -0.25) is 4.98 Å². The Bertz CT molecular complexity index is 448. The second-order valence-corrected chi connectivity index (χ2v) is 4.43. The number of hydrogen-bond acceptors (Lipinski definition) is 1. The van der Waals surface area contributed by atoms with Gasteiger partial charge in [0.15, 0.2) is 0 Å². The van der Waals surface area contributed by atoms with Crippen molar-refractivity contribution in [3.63, 3.8) is 0 Å². The molecule has 0 N–H and O–H groups in total. The predicted molar refractivity (Wildman–Crippen MR) is 65.9 cm³/mol. The summed E-state index contributed by atoms with van der Waals surface area (Å²) >= 11 is 3.55. The van der Waals surface area contributed by atoms with Crippen LogP contribution in [0.15, 0.2) is 47.1 Å². The first-order valence-electron chi connectivity index (χ1n) is 4.90. The van der Waals surface area contributed by atoms with Crippen molar-refractivity contribution in [3.8, 4) is 0 Å². The van der Waals surface area contributed by atoms with Gasteiger partial charge in [-0.1, -0.05) is 40.2 Å². The van der Waals surface area contributed by atoms with Crippen molar-refractivity contribution in [2.24, 2.45) is 0 Å². The standard InChI is InChI=1S/C13H12BrN/c1-10-6-7-11(9-15-10)8-12-4-2-3-5-13(12)14/h2-7,9H,8H2,1H3. The fraction of sp³-hybridized carbons (Fsp3) is 0.154. The van der Waals surface area contributed by atoms with Gasteiger partial charge >= 0.3 is 0 Å². The fourth-order valence-electron chi connectivity index (χ4n) is 1.46. The number of benzene rings is 1. The van der Waals surface area contributed by atoms with Gasteiger partial charge < -0.3 is 0 Å². The summed E-state index contributed by atoms with van der Waals surface area (Å²) in [6.07, 6.45) is 2.86. The molecule has 1 aromatic heterocycles. The van der Waals surface area contributed by atoms with Crippen molar-refractivity contribution in [3.05, 3.63) is 63.9 Å². The molecular weight excluding hydrogens is 250 g/mol. The summed E-state index contributed by atoms with van der Waals surface area (Å²) in [6.45, 7) is 2.00. The summed E-state index contributed by atoms with van der Waals surface area (Å²) in [6, 6.07) is 12.5. The number of aryl methyl sites for hydroxylation is 1. The number of hydrogen-bond donors (Lipinski definition) is 0. The van der Waals surface area contributed by atoms with E-state index in [1.54, 1.807) is 0 Å². The lowest BCUT2D eigenvalue weighted by Gasteiger charge is -2.04. The number of pyridine rings is 1. The van der Waals surface area contributed by atoms with E-state index in [1.807, 2.05) is 25.3 Å². The van der Waals surface area contributed by atoms with E-state index < -0.39 is 0 Å². The zero-order valence-electron chi connectivity index (χ0n) is 8.57. The highest BCUT2D eigenvalue weighted by atomic mass is 79.9. The van der Waals surface area contributed by atoms with Gasteiger partial charge in [-0.25, -0.2) is 0 Å². The van der Waals surface area contributed by atoms with Crippen LogP contribution in [0.4, 0.5) is 0 Å². The van der Waals surface area contributed by atoms with E-state index in [2.05, 4.69) is 45.2 Å². The fourth-order valence-corrected chi connectivity index (χ4v) is 1.89. The van der Waals surface area contributed by atoms with Crippen LogP contribution >= 0.6 is 15.9 Å². The van der Waals surface area contributed by atoms with Crippen LogP contribution in [-0.4, -0.2) is 4.98 Å². The highest BCUT2D eigenvalue weighted by Crippen LogP contribution is 2.19. The number of rotatable bonds is 2. The maximum atomic E-state index is 4.29. The molecule has 2 heteroatoms. The zero-order chi connectivity index (χ0) is 10.7. The molecule has 76 valence electrons. The van der Waals surface area contributed by atoms with Crippen LogP contribution in [0.25, 0.3) is 0 Å². The highest BCUT2D eigenvalue weighted by molar-refractivity contribution is 9.10. The number of aromatic nitrogens is 1. The Labute approximate surface area is 98.3 Å². The van der Waals surface area contributed by atoms with Gasteiger partial charge in [-0.05, 0) is 30.2 Å². The molecule has 0 aliphatic carbocycles. The minimum atomic E-state index is 0.925. The first-order chi connectivity index (χ1) is 7.25. The molecule has 0 fully saturated rings. The summed E-state index contributed by atoms with van der Waals surface area (Å²) in [5, 5.41) is 0. The van der Waals surface area contributed by atoms with Crippen LogP contribution in [0.2, 0.25) is 0 Å². The molecule has 0 amide bonds. The Kier molecular flexibility index (Phi) is 3.17. The topological polar surface area (TPSA) is 12.9 Å². The predicted octanol–water partition coefficient (Wildman–Crippen LogP) is 3.74. The van der Waals surface area contributed by atoms with Gasteiger partial charge in [0, 0.05) is 22.8 Å². The van der Waals surface area contributed by atoms with E-state index in [0.29, 0.717) is 0 Å². The van der Waals surface area contributed by atoms with Crippen molar-refractivity contribution in [1.29, 1.82) is 0 Å². The molecule has 0 radical (unpaired) electrons. The summed E-state index contributed by atoms with van der Waals surface area (Å²) in [5.74, 6) is 0. The lowest BCUT2D eigenvalue weighted by molar-refractivity contribution is 1.10. The third-order valence-corrected chi connectivity index (χ3v) is 3.10. The summed E-state index contributed by atoms with van der Waals surface area (Å²) < 4.78 is 1.16. The Morgan fingerprint density at radius 1 is 1.13 bits per heavy atom. The zero-order valence-corrected chi connectivity index (χ0v) is 10.2. The highest BCUT2D eigenvalue weighted by Gasteiger charge is 2.00. The molecule has 1 nitrogen and oxygen atoms in total. The SMILES string of the molecule is Cc1ccc(Cc2ccccc2Br)cn1. The summed E-state index contributed by atoms with van der Waals surface area (Å²) in [5.41, 5.74) is 3.60. The molecule has 0 bridgehead atoms. The average Bonchev–Trinajstić information content (AvgIpc) is 2.25. The van der Waals surface area contributed by atoms with E-state index in [9.17, 15) is 0 Å². The summed E-state index contributed by atoms with van der Waals surface area (Å²) in [7, 11) is 0. The smallest absolute Gasteiger partial charge is 0.0372 e. The van der Waals surface area contributed by atoms with Crippen molar-refractivity contribution < 1.29 is 0 Å². The van der Waals surface area contributed by atoms with E-state index in [0.717, 1.165) is 16.6 Å². The Morgan fingerprint density at radius 2 is 1.93 bits per heavy atom. The van der Waals surface area contributed by atoms with Gasteiger partial charge in [0.05, 0.1) is 0 Å². The monoisotopic (exact) mass is 261 g/mol. The lowest BCUT2D eigenvalue weighted by Crippen LogP contribution is -1.91. The third kappa shape index (κ3) is 2.66. The molecule has 2 aromatic rings. The van der Waals surface area contributed by atoms with E-state index >= 15 is 0 Å². The van der Waals surface area contributed by atoms with Crippen molar-refractivity contribution in [1.82, 2.24) is 4.98 Å². The van der Waals surface area contributed by atoms with E-state index in [1.165, 1.54) is 11.1 Å². The van der Waals surface area contributed by atoms with Gasteiger partial charge in [0.1, 0.15) is 0 Å². The minimum absolute atomic E-state index is 0.925. The molecule has 0 saturated heterocycles. The van der Waals surface area contributed by atoms with Gasteiger partial charge in [0.2, 0.25) is 0 Å². The van der Waals surface area contributed by atoms with Crippen LogP contribution in [0.5, 0.6) is 0 Å². The van der Waals surface area contributed by atoms with Gasteiger partial charge in [-0.15, -0.1) is 0 Å². The first-order valence-corrected chi connectivity index (χ1v) is 5.70. The quantitative estimate of drug-likeness (QED) is 0.803. The first kappa shape index (κ1) is 10.4. The molecular formula is C13H12BrN. The van der Waals surface area contributed by atoms with Crippen LogP contribution in [-0.2, 0) is 6.42 Å². The van der Waals surface area contributed by atoms with Crippen LogP contribution in [0, 0.1) is 6.92 Å². The van der Waals surface area contributed by atoms with Crippen LogP contribution in [0.3, 0.4) is 0 Å². The maximum absolute atomic E-state index is 4.29. The van der Waals surface area contributed by atoms with Crippen molar-refractivity contribution in [2.45, 2.75) is 13.3 Å². The van der Waals surface area contributed by atoms with Crippen LogP contribution < -0.4 is 0 Å². The van der Waals surface area contributed by atoms with Gasteiger partial charge in [0.25, 0.3) is 0 Å². The number of nitrogens with zero attached hydrogens (tertiary/aromatic N) is 1. The lowest BCUT2D eigenvalue weighted by atomic mass is 10.1. The molecule has 1 heterocycles. The van der Waals surface area contributed by atoms with Crippen LogP contribution in [0.1, 0.15) is 16.8 Å².